The van der Waals surface area contributed by atoms with Crippen LogP contribution in [0.5, 0.6) is 0 Å². The minimum Gasteiger partial charge on any atom is -0.285 e. The van der Waals surface area contributed by atoms with Crippen LogP contribution in [0, 0.1) is 6.92 Å². The molecule has 0 fully saturated rings. The van der Waals surface area contributed by atoms with Crippen LogP contribution in [0.25, 0.3) is 0 Å². The molecule has 1 aliphatic rings. The van der Waals surface area contributed by atoms with Crippen molar-refractivity contribution < 1.29 is 0 Å². The van der Waals surface area contributed by atoms with E-state index in [4.69, 9.17) is 0 Å². The fourth-order valence-corrected chi connectivity index (χ4v) is 2.09. The van der Waals surface area contributed by atoms with Crippen molar-refractivity contribution in [1.82, 2.24) is 0 Å². The Morgan fingerprint density at radius 3 is 3.08 bits per heavy atom. The average molecular weight is 177 g/mol. The van der Waals surface area contributed by atoms with E-state index in [9.17, 15) is 0 Å². The van der Waals surface area contributed by atoms with Crippen molar-refractivity contribution >= 4 is 17.6 Å². The average Bonchev–Trinajstić information content (AvgIpc) is 2.54. The zero-order valence-electron chi connectivity index (χ0n) is 7.03. The first-order valence-electron chi connectivity index (χ1n) is 4.09. The standard InChI is InChI=1S/C10H11NS/c1-8-6-9(7-12-8)10-4-2-3-5-11-10/h2-3,5-7,10H,4H2,1H3. The molecule has 1 aromatic heterocycles. The molecule has 0 aromatic carbocycles. The van der Waals surface area contributed by atoms with E-state index >= 15 is 0 Å². The molecule has 12 heavy (non-hydrogen) atoms. The van der Waals surface area contributed by atoms with E-state index in [1.807, 2.05) is 12.3 Å². The van der Waals surface area contributed by atoms with Crippen molar-refractivity contribution in [2.45, 2.75) is 19.4 Å². The first kappa shape index (κ1) is 7.74. The number of allylic oxidation sites excluding steroid dienone is 1. The highest BCUT2D eigenvalue weighted by Crippen LogP contribution is 2.27. The van der Waals surface area contributed by atoms with Crippen molar-refractivity contribution in [3.8, 4) is 0 Å². The topological polar surface area (TPSA) is 12.4 Å². The third kappa shape index (κ3) is 1.48. The molecule has 1 aliphatic heterocycles. The van der Waals surface area contributed by atoms with Crippen molar-refractivity contribution in [2.75, 3.05) is 0 Å². The monoisotopic (exact) mass is 177 g/mol. The van der Waals surface area contributed by atoms with E-state index in [0.29, 0.717) is 6.04 Å². The number of aliphatic imine (C=N–C) groups is 1. The van der Waals surface area contributed by atoms with Gasteiger partial charge in [0.15, 0.2) is 0 Å². The first-order valence-corrected chi connectivity index (χ1v) is 4.97. The van der Waals surface area contributed by atoms with Gasteiger partial charge in [-0.05, 0) is 36.4 Å². The molecular weight excluding hydrogens is 166 g/mol. The van der Waals surface area contributed by atoms with Crippen molar-refractivity contribution in [1.29, 1.82) is 0 Å². The molecule has 2 heterocycles. The third-order valence-electron chi connectivity index (χ3n) is 1.98. The van der Waals surface area contributed by atoms with Gasteiger partial charge in [-0.2, -0.15) is 0 Å². The molecule has 0 N–H and O–H groups in total. The minimum atomic E-state index is 0.375. The van der Waals surface area contributed by atoms with Gasteiger partial charge < -0.3 is 0 Å². The van der Waals surface area contributed by atoms with Crippen molar-refractivity contribution in [2.24, 2.45) is 4.99 Å². The molecule has 1 aromatic rings. The minimum absolute atomic E-state index is 0.375. The molecule has 1 nitrogen and oxygen atoms in total. The Bertz CT molecular complexity index is 322. The van der Waals surface area contributed by atoms with Gasteiger partial charge in [0.1, 0.15) is 0 Å². The molecule has 0 amide bonds. The van der Waals surface area contributed by atoms with Crippen molar-refractivity contribution in [3.05, 3.63) is 34.0 Å². The van der Waals surface area contributed by atoms with E-state index in [1.165, 1.54) is 10.4 Å². The molecule has 0 aliphatic carbocycles. The van der Waals surface area contributed by atoms with Crippen LogP contribution in [0.1, 0.15) is 22.9 Å². The van der Waals surface area contributed by atoms with Gasteiger partial charge in [-0.1, -0.05) is 6.08 Å². The maximum atomic E-state index is 4.41. The van der Waals surface area contributed by atoms with Gasteiger partial charge in [-0.25, -0.2) is 0 Å². The molecule has 0 bridgehead atoms. The van der Waals surface area contributed by atoms with E-state index in [2.05, 4.69) is 29.4 Å². The molecule has 0 saturated carbocycles. The number of hydrogen-bond acceptors (Lipinski definition) is 2. The summed E-state index contributed by atoms with van der Waals surface area (Å²) >= 11 is 1.80. The third-order valence-corrected chi connectivity index (χ3v) is 2.86. The van der Waals surface area contributed by atoms with Gasteiger partial charge in [0, 0.05) is 11.1 Å². The van der Waals surface area contributed by atoms with Crippen LogP contribution >= 0.6 is 11.3 Å². The summed E-state index contributed by atoms with van der Waals surface area (Å²) in [5.74, 6) is 0. The second-order valence-electron chi connectivity index (χ2n) is 2.97. The zero-order chi connectivity index (χ0) is 8.39. The number of dihydropyridines is 1. The molecule has 0 radical (unpaired) electrons. The summed E-state index contributed by atoms with van der Waals surface area (Å²) in [6.07, 6.45) is 7.12. The SMILES string of the molecule is Cc1cc(C2CC=CC=N2)cs1. The van der Waals surface area contributed by atoms with E-state index in [0.717, 1.165) is 6.42 Å². The summed E-state index contributed by atoms with van der Waals surface area (Å²) < 4.78 is 0. The summed E-state index contributed by atoms with van der Waals surface area (Å²) in [4.78, 5) is 5.78. The Balaban J connectivity index is 2.20. The maximum Gasteiger partial charge on any atom is 0.0791 e. The Morgan fingerprint density at radius 2 is 2.50 bits per heavy atom. The largest absolute Gasteiger partial charge is 0.285 e. The van der Waals surface area contributed by atoms with Gasteiger partial charge in [0.05, 0.1) is 6.04 Å². The number of hydrogen-bond donors (Lipinski definition) is 0. The zero-order valence-corrected chi connectivity index (χ0v) is 7.84. The van der Waals surface area contributed by atoms with E-state index in [-0.39, 0.29) is 0 Å². The van der Waals surface area contributed by atoms with Gasteiger partial charge >= 0.3 is 0 Å². The molecule has 1 unspecified atom stereocenters. The Kier molecular flexibility index (Phi) is 2.09. The summed E-state index contributed by atoms with van der Waals surface area (Å²) in [5, 5.41) is 2.20. The Hall–Kier alpha value is -0.890. The van der Waals surface area contributed by atoms with E-state index < -0.39 is 0 Å². The predicted molar refractivity (Wildman–Crippen MR) is 54.0 cm³/mol. The summed E-state index contributed by atoms with van der Waals surface area (Å²) in [7, 11) is 0. The lowest BCUT2D eigenvalue weighted by Crippen LogP contribution is -1.95. The van der Waals surface area contributed by atoms with Crippen LogP contribution < -0.4 is 0 Å². The van der Waals surface area contributed by atoms with Crippen LogP contribution in [0.3, 0.4) is 0 Å². The summed E-state index contributed by atoms with van der Waals surface area (Å²) in [6.45, 7) is 2.14. The highest BCUT2D eigenvalue weighted by molar-refractivity contribution is 7.10. The predicted octanol–water partition coefficient (Wildman–Crippen LogP) is 3.13. The van der Waals surface area contributed by atoms with Gasteiger partial charge in [0.2, 0.25) is 0 Å². The van der Waals surface area contributed by atoms with Crippen LogP contribution in [0.4, 0.5) is 0 Å². The summed E-state index contributed by atoms with van der Waals surface area (Å²) in [5.41, 5.74) is 1.36. The molecule has 2 rings (SSSR count). The number of aryl methyl sites for hydroxylation is 1. The second-order valence-corrected chi connectivity index (χ2v) is 4.08. The number of nitrogens with zero attached hydrogens (tertiary/aromatic N) is 1. The molecular formula is C10H11NS. The van der Waals surface area contributed by atoms with Crippen LogP contribution in [0.2, 0.25) is 0 Å². The van der Waals surface area contributed by atoms with Crippen LogP contribution in [0.15, 0.2) is 28.6 Å². The Labute approximate surface area is 76.5 Å². The maximum absolute atomic E-state index is 4.41. The lowest BCUT2D eigenvalue weighted by atomic mass is 10.1. The van der Waals surface area contributed by atoms with Gasteiger partial charge in [-0.3, -0.25) is 4.99 Å². The molecule has 0 spiro atoms. The lowest BCUT2D eigenvalue weighted by molar-refractivity contribution is 0.744. The molecule has 1 atom stereocenters. The van der Waals surface area contributed by atoms with Gasteiger partial charge in [0.25, 0.3) is 0 Å². The fourth-order valence-electron chi connectivity index (χ4n) is 1.34. The number of rotatable bonds is 1. The molecule has 2 heteroatoms. The first-order chi connectivity index (χ1) is 5.86. The Morgan fingerprint density at radius 1 is 1.58 bits per heavy atom. The summed E-state index contributed by atoms with van der Waals surface area (Å²) in [6, 6.07) is 2.60. The lowest BCUT2D eigenvalue weighted by Gasteiger charge is -2.09. The molecule has 0 saturated heterocycles. The smallest absolute Gasteiger partial charge is 0.0791 e. The highest BCUT2D eigenvalue weighted by Gasteiger charge is 2.10. The quantitative estimate of drug-likeness (QED) is 0.625. The van der Waals surface area contributed by atoms with E-state index in [1.54, 1.807) is 11.3 Å². The van der Waals surface area contributed by atoms with Crippen LogP contribution in [-0.2, 0) is 0 Å². The van der Waals surface area contributed by atoms with Gasteiger partial charge in [-0.15, -0.1) is 11.3 Å². The second kappa shape index (κ2) is 3.23. The fraction of sp³-hybridized carbons (Fsp3) is 0.300. The number of thiophene rings is 1. The van der Waals surface area contributed by atoms with Crippen LogP contribution in [-0.4, -0.2) is 6.21 Å². The normalized spacial score (nSPS) is 21.6. The molecule has 62 valence electrons. The highest BCUT2D eigenvalue weighted by atomic mass is 32.1. The van der Waals surface area contributed by atoms with Crippen molar-refractivity contribution in [3.63, 3.8) is 0 Å².